The summed E-state index contributed by atoms with van der Waals surface area (Å²) in [7, 11) is -2.23. The monoisotopic (exact) mass is 642 g/mol. The summed E-state index contributed by atoms with van der Waals surface area (Å²) in [6, 6.07) is 0. The first-order chi connectivity index (χ1) is 20.8. The molecule has 2 saturated heterocycles. The van der Waals surface area contributed by atoms with Gasteiger partial charge in [0.2, 0.25) is 14.7 Å². The van der Waals surface area contributed by atoms with Crippen LogP contribution in [0.25, 0.3) is 22.3 Å². The Kier molecular flexibility index (Phi) is 8.92. The maximum atomic E-state index is 10.6. The fraction of sp³-hybridized carbons (Fsp3) is 0.545. The number of aliphatic hydroxyl groups excluding tert-OH is 4. The van der Waals surface area contributed by atoms with Gasteiger partial charge in [0.25, 0.3) is 0 Å². The van der Waals surface area contributed by atoms with Crippen molar-refractivity contribution in [3.63, 3.8) is 0 Å². The van der Waals surface area contributed by atoms with Gasteiger partial charge in [-0.2, -0.15) is 9.56 Å². The largest absolute Gasteiger partial charge is 0.394 e. The third-order valence-electron chi connectivity index (χ3n) is 7.18. The Hall–Kier alpha value is -3.31. The molecule has 2 aliphatic heterocycles. The van der Waals surface area contributed by atoms with Gasteiger partial charge in [-0.15, -0.1) is 0 Å². The van der Waals surface area contributed by atoms with Gasteiger partial charge < -0.3 is 56.5 Å². The Labute approximate surface area is 248 Å². The van der Waals surface area contributed by atoms with Crippen molar-refractivity contribution in [2.45, 2.75) is 62.1 Å². The molecule has 0 aromatic carbocycles. The molecule has 4 aromatic rings. The summed E-state index contributed by atoms with van der Waals surface area (Å²) < 4.78 is 18.3. The van der Waals surface area contributed by atoms with E-state index in [1.165, 1.54) is 48.3 Å². The summed E-state index contributed by atoms with van der Waals surface area (Å²) in [5, 5.41) is 59.0. The third-order valence-corrected chi connectivity index (χ3v) is 7.68. The number of nitrogen functional groups attached to an aromatic ring is 2. The molecule has 0 amide bonds. The number of imidazole rings is 2. The Bertz CT molecular complexity index is 1610. The quantitative estimate of drug-likeness (QED) is 0.0550. The third kappa shape index (κ3) is 5.53. The fourth-order valence-corrected chi connectivity index (χ4v) is 5.00. The van der Waals surface area contributed by atoms with Crippen molar-refractivity contribution in [2.24, 2.45) is 0 Å². The Morgan fingerprint density at radius 1 is 0.841 bits per heavy atom. The van der Waals surface area contributed by atoms with E-state index in [9.17, 15) is 30.4 Å². The number of nitrogens with two attached hydrogens (primary N) is 2. The van der Waals surface area contributed by atoms with Gasteiger partial charge in [0.05, 0.1) is 19.3 Å². The molecule has 3 unspecified atom stereocenters. The van der Waals surface area contributed by atoms with Gasteiger partial charge in [-0.05, 0) is 13.8 Å². The summed E-state index contributed by atoms with van der Waals surface area (Å²) in [6.45, 7) is 2.35. The van der Waals surface area contributed by atoms with E-state index in [0.717, 1.165) is 0 Å². The zero-order valence-corrected chi connectivity index (χ0v) is 24.0. The van der Waals surface area contributed by atoms with E-state index in [-0.39, 0.29) is 11.6 Å². The average Bonchev–Trinajstić information content (AvgIpc) is 3.72. The number of nitrogens with zero attached hydrogens (tertiary/aromatic N) is 8. The van der Waals surface area contributed by atoms with Crippen LogP contribution in [0.2, 0.25) is 0 Å². The molecule has 9 atom stereocenters. The number of anilines is 2. The molecule has 6 heterocycles. The van der Waals surface area contributed by atoms with Crippen LogP contribution in [0.5, 0.6) is 0 Å². The lowest BCUT2D eigenvalue weighted by Gasteiger charge is -2.27. The molecule has 0 saturated carbocycles. The molecule has 6 rings (SSSR count). The van der Waals surface area contributed by atoms with Gasteiger partial charge in [0, 0.05) is 0 Å². The van der Waals surface area contributed by atoms with Crippen LogP contribution >= 0.6 is 8.38 Å². The van der Waals surface area contributed by atoms with Crippen LogP contribution in [-0.2, 0) is 19.0 Å². The number of hydrogen-bond donors (Lipinski definition) is 9. The number of rotatable bonds is 7. The maximum Gasteiger partial charge on any atom is 0.232 e. The van der Waals surface area contributed by atoms with Crippen molar-refractivity contribution >= 4 is 42.3 Å². The molecule has 4 aromatic heterocycles. The highest BCUT2D eigenvalue weighted by atomic mass is 31.2. The minimum absolute atomic E-state index is 0.155. The van der Waals surface area contributed by atoms with E-state index >= 15 is 0 Å². The molecule has 21 nitrogen and oxygen atoms in total. The molecule has 44 heavy (non-hydrogen) atoms. The first-order valence-corrected chi connectivity index (χ1v) is 14.2. The highest BCUT2D eigenvalue weighted by Gasteiger charge is 2.55. The smallest absolute Gasteiger partial charge is 0.232 e. The zero-order valence-electron chi connectivity index (χ0n) is 23.1. The number of aliphatic hydroxyl groups is 6. The summed E-state index contributed by atoms with van der Waals surface area (Å²) in [6.07, 6.45) is -2.51. The van der Waals surface area contributed by atoms with E-state index in [1.54, 1.807) is 0 Å². The summed E-state index contributed by atoms with van der Waals surface area (Å²) >= 11 is 0. The normalized spacial score (nSPS) is 32.7. The molecular weight excluding hydrogens is 611 g/mol. The molecule has 11 N–H and O–H groups in total. The van der Waals surface area contributed by atoms with E-state index < -0.39 is 69.6 Å². The molecule has 2 aliphatic rings. The topological polar surface area (TPSA) is 318 Å². The Morgan fingerprint density at radius 3 is 1.82 bits per heavy atom. The van der Waals surface area contributed by atoms with Crippen molar-refractivity contribution in [1.82, 2.24) is 39.0 Å². The van der Waals surface area contributed by atoms with Crippen LogP contribution in [0.4, 0.5) is 11.6 Å². The zero-order chi connectivity index (χ0) is 32.0. The molecule has 2 fully saturated rings. The first kappa shape index (κ1) is 32.1. The number of aromatic nitrogens is 8. The fourth-order valence-electron chi connectivity index (χ4n) is 4.77. The van der Waals surface area contributed by atoms with Crippen molar-refractivity contribution in [1.29, 1.82) is 0 Å². The van der Waals surface area contributed by atoms with Crippen molar-refractivity contribution in [2.75, 3.05) is 24.4 Å². The molecule has 240 valence electrons. The van der Waals surface area contributed by atoms with Crippen LogP contribution in [0.15, 0.2) is 25.3 Å². The van der Waals surface area contributed by atoms with Gasteiger partial charge >= 0.3 is 0 Å². The van der Waals surface area contributed by atoms with E-state index in [1.807, 2.05) is 0 Å². The first-order valence-electron chi connectivity index (χ1n) is 12.8. The summed E-state index contributed by atoms with van der Waals surface area (Å²) in [5.41, 5.74) is 9.39. The number of fused-ring (bicyclic) bond motifs is 2. The number of hydrogen-bond acceptors (Lipinski definition) is 19. The Balaban J connectivity index is 0.000000177. The van der Waals surface area contributed by atoms with E-state index in [4.69, 9.17) is 30.9 Å². The van der Waals surface area contributed by atoms with Gasteiger partial charge in [0.15, 0.2) is 35.4 Å². The van der Waals surface area contributed by atoms with Gasteiger partial charge in [-0.1, -0.05) is 0 Å². The highest BCUT2D eigenvalue weighted by Crippen LogP contribution is 2.42. The summed E-state index contributed by atoms with van der Waals surface area (Å²) in [4.78, 5) is 37.8. The summed E-state index contributed by atoms with van der Waals surface area (Å²) in [5.74, 6) is 0.368. The SMILES string of the molecule is CC1(O)[C@@H](O)[C@@H](CO)O[C@H]1n1cnc2c(N)ncnc21.CC1(O)[C@@H](O)[C@@H](OOP(O)CO)O[C@H]1n1cnc2c(N)ncnc21. The molecule has 0 bridgehead atoms. The second-order valence-electron chi connectivity index (χ2n) is 10.2. The lowest BCUT2D eigenvalue weighted by molar-refractivity contribution is -0.332. The van der Waals surface area contributed by atoms with Gasteiger partial charge in [-0.3, -0.25) is 9.13 Å². The van der Waals surface area contributed by atoms with Crippen molar-refractivity contribution < 1.29 is 54.6 Å². The minimum Gasteiger partial charge on any atom is -0.394 e. The maximum absolute atomic E-state index is 10.6. The highest BCUT2D eigenvalue weighted by molar-refractivity contribution is 7.45. The average molecular weight is 643 g/mol. The van der Waals surface area contributed by atoms with Crippen molar-refractivity contribution in [3.05, 3.63) is 25.3 Å². The van der Waals surface area contributed by atoms with Crippen LogP contribution < -0.4 is 11.5 Å². The second kappa shape index (κ2) is 12.2. The molecule has 22 heteroatoms. The molecular formula is C22H31N10O11P. The van der Waals surface area contributed by atoms with Gasteiger partial charge in [-0.25, -0.2) is 29.9 Å². The van der Waals surface area contributed by atoms with Crippen LogP contribution in [0.1, 0.15) is 26.3 Å². The molecule has 0 aliphatic carbocycles. The standard InChI is InChI=1S/C11H16N5O7P.C11H15N5O4/c1-11(19)6(18)9(22-23-24(20)4-17)21-10(11)16-3-15-5-7(12)13-2-14-8(5)16;1-11(19)7(18)5(2-17)20-10(11)16-4-15-6-8(12)13-3-14-9(6)16/h2-3,6,9-10,17-20H,4H2,1H3,(H2,12,13,14);3-5,7,10,17-19H,2H2,1H3,(H2,12,13,14)/t6-,9+,10+,11?,24?;5-,7+,10-,11?/m01/s1. The minimum atomic E-state index is -2.23. The van der Waals surface area contributed by atoms with E-state index in [0.29, 0.717) is 22.3 Å². The lowest BCUT2D eigenvalue weighted by Crippen LogP contribution is -2.44. The number of ether oxygens (including phenoxy) is 2. The second-order valence-corrected chi connectivity index (χ2v) is 11.4. The van der Waals surface area contributed by atoms with Crippen LogP contribution in [0.3, 0.4) is 0 Å². The predicted molar refractivity (Wildman–Crippen MR) is 146 cm³/mol. The van der Waals surface area contributed by atoms with Gasteiger partial charge in [0.1, 0.15) is 59.6 Å². The Morgan fingerprint density at radius 2 is 1.34 bits per heavy atom. The van der Waals surface area contributed by atoms with Crippen molar-refractivity contribution in [3.8, 4) is 0 Å². The van der Waals surface area contributed by atoms with E-state index in [2.05, 4.69) is 34.6 Å². The lowest BCUT2D eigenvalue weighted by atomic mass is 9.96. The van der Waals surface area contributed by atoms with Crippen LogP contribution in [-0.4, -0.2) is 123 Å². The predicted octanol–water partition coefficient (Wildman–Crippen LogP) is -3.01. The van der Waals surface area contributed by atoms with Crippen LogP contribution in [0, 0.1) is 0 Å². The molecule has 0 radical (unpaired) electrons. The molecule has 0 spiro atoms.